The summed E-state index contributed by atoms with van der Waals surface area (Å²) < 4.78 is 0. The van der Waals surface area contributed by atoms with Crippen molar-refractivity contribution in [1.29, 1.82) is 0 Å². The van der Waals surface area contributed by atoms with E-state index in [1.54, 1.807) is 18.2 Å². The van der Waals surface area contributed by atoms with Gasteiger partial charge in [-0.1, -0.05) is 0 Å². The highest BCUT2D eigenvalue weighted by molar-refractivity contribution is 5.91. The summed E-state index contributed by atoms with van der Waals surface area (Å²) in [5, 5.41) is 22.8. The van der Waals surface area contributed by atoms with Crippen LogP contribution in [0.15, 0.2) is 30.3 Å². The Morgan fingerprint density at radius 2 is 1.86 bits per heavy atom. The van der Waals surface area contributed by atoms with Crippen LogP contribution in [0.1, 0.15) is 31.2 Å². The Bertz CT molecular complexity index is 531. The molecule has 0 aliphatic heterocycles. The summed E-state index contributed by atoms with van der Waals surface area (Å²) in [5.74, 6) is -0.185. The highest BCUT2D eigenvalue weighted by Crippen LogP contribution is 2.18. The average Bonchev–Trinajstić information content (AvgIpc) is 2.48. The van der Waals surface area contributed by atoms with Crippen LogP contribution in [-0.4, -0.2) is 28.1 Å². The third kappa shape index (κ3) is 4.68. The molecule has 1 aliphatic rings. The van der Waals surface area contributed by atoms with Crippen LogP contribution in [-0.2, 0) is 4.79 Å². The summed E-state index contributed by atoms with van der Waals surface area (Å²) in [4.78, 5) is 21.8. The van der Waals surface area contributed by atoms with Crippen molar-refractivity contribution in [2.24, 2.45) is 0 Å². The third-order valence-electron chi connectivity index (χ3n) is 3.57. The Hall–Kier alpha value is -2.21. The first-order valence-corrected chi connectivity index (χ1v) is 6.95. The molecule has 0 saturated heterocycles. The van der Waals surface area contributed by atoms with Crippen molar-refractivity contribution in [3.05, 3.63) is 46.0 Å². The van der Waals surface area contributed by atoms with Crippen LogP contribution < -0.4 is 5.32 Å². The number of hydrogen-bond donors (Lipinski definition) is 2. The second kappa shape index (κ2) is 6.99. The van der Waals surface area contributed by atoms with Crippen molar-refractivity contribution in [3.63, 3.8) is 0 Å². The summed E-state index contributed by atoms with van der Waals surface area (Å²) >= 11 is 0. The van der Waals surface area contributed by atoms with Gasteiger partial charge in [-0.05, 0) is 49.5 Å². The number of carbonyl (C=O) groups is 1. The standard InChI is InChI=1S/C15H18N2O4/c18-14-8-4-12(5-9-14)16-15(19)10-3-11-1-6-13(7-2-11)17(20)21/h1-3,6-7,10,12,14,18H,4-5,8-9H2,(H,16,19). The van der Waals surface area contributed by atoms with Gasteiger partial charge < -0.3 is 10.4 Å². The van der Waals surface area contributed by atoms with Crippen LogP contribution in [0.3, 0.4) is 0 Å². The van der Waals surface area contributed by atoms with Crippen LogP contribution in [0, 0.1) is 10.1 Å². The van der Waals surface area contributed by atoms with Crippen molar-refractivity contribution in [2.75, 3.05) is 0 Å². The molecule has 0 bridgehead atoms. The fourth-order valence-corrected chi connectivity index (χ4v) is 2.35. The number of nitrogens with zero attached hydrogens (tertiary/aromatic N) is 1. The fraction of sp³-hybridized carbons (Fsp3) is 0.400. The summed E-state index contributed by atoms with van der Waals surface area (Å²) in [6.07, 6.45) is 5.82. The number of rotatable bonds is 4. The lowest BCUT2D eigenvalue weighted by molar-refractivity contribution is -0.384. The van der Waals surface area contributed by atoms with Crippen LogP contribution in [0.4, 0.5) is 5.69 Å². The molecule has 112 valence electrons. The smallest absolute Gasteiger partial charge is 0.269 e. The summed E-state index contributed by atoms with van der Waals surface area (Å²) in [5.41, 5.74) is 0.757. The van der Waals surface area contributed by atoms with Gasteiger partial charge in [-0.25, -0.2) is 0 Å². The molecule has 0 spiro atoms. The first kappa shape index (κ1) is 15.2. The number of aliphatic hydroxyl groups excluding tert-OH is 1. The lowest BCUT2D eigenvalue weighted by atomic mass is 9.93. The number of aliphatic hydroxyl groups is 1. The zero-order valence-corrected chi connectivity index (χ0v) is 11.6. The van der Waals surface area contributed by atoms with Gasteiger partial charge in [-0.3, -0.25) is 14.9 Å². The number of nitrogens with one attached hydrogen (secondary N) is 1. The molecule has 2 N–H and O–H groups in total. The molecule has 1 aliphatic carbocycles. The SMILES string of the molecule is O=C(C=Cc1ccc([N+](=O)[O-])cc1)NC1CCC(O)CC1. The number of nitro benzene ring substituents is 1. The average molecular weight is 290 g/mol. The van der Waals surface area contributed by atoms with Crippen LogP contribution in [0.25, 0.3) is 6.08 Å². The molecular weight excluding hydrogens is 272 g/mol. The first-order chi connectivity index (χ1) is 10.0. The molecule has 0 aromatic heterocycles. The topological polar surface area (TPSA) is 92.5 Å². The van der Waals surface area contributed by atoms with Gasteiger partial charge in [-0.2, -0.15) is 0 Å². The zero-order chi connectivity index (χ0) is 15.2. The van der Waals surface area contributed by atoms with Crippen LogP contribution in [0.2, 0.25) is 0 Å². The van der Waals surface area contributed by atoms with E-state index in [0.29, 0.717) is 0 Å². The molecule has 1 aromatic carbocycles. The van der Waals surface area contributed by atoms with Crippen LogP contribution in [0.5, 0.6) is 0 Å². The predicted octanol–water partition coefficient (Wildman–Crippen LogP) is 2.03. The molecule has 0 heterocycles. The second-order valence-corrected chi connectivity index (χ2v) is 5.20. The van der Waals surface area contributed by atoms with Gasteiger partial charge in [0.1, 0.15) is 0 Å². The molecule has 21 heavy (non-hydrogen) atoms. The molecule has 0 radical (unpaired) electrons. The molecule has 0 unspecified atom stereocenters. The molecule has 1 amide bonds. The molecule has 1 aromatic rings. The van der Waals surface area contributed by atoms with E-state index >= 15 is 0 Å². The number of nitro groups is 1. The maximum Gasteiger partial charge on any atom is 0.269 e. The quantitative estimate of drug-likeness (QED) is 0.504. The minimum absolute atomic E-state index is 0.0253. The number of hydrogen-bond acceptors (Lipinski definition) is 4. The van der Waals surface area contributed by atoms with Crippen LogP contribution >= 0.6 is 0 Å². The van der Waals surface area contributed by atoms with E-state index in [0.717, 1.165) is 31.2 Å². The maximum atomic E-state index is 11.8. The summed E-state index contributed by atoms with van der Waals surface area (Å²) in [6.45, 7) is 0. The van der Waals surface area contributed by atoms with E-state index in [2.05, 4.69) is 5.32 Å². The largest absolute Gasteiger partial charge is 0.393 e. The minimum atomic E-state index is -0.461. The molecule has 2 rings (SSSR count). The fourth-order valence-electron chi connectivity index (χ4n) is 2.35. The Balaban J connectivity index is 1.85. The zero-order valence-electron chi connectivity index (χ0n) is 11.6. The molecule has 0 atom stereocenters. The molecule has 6 nitrogen and oxygen atoms in total. The predicted molar refractivity (Wildman–Crippen MR) is 78.5 cm³/mol. The summed E-state index contributed by atoms with van der Waals surface area (Å²) in [6, 6.07) is 6.11. The monoisotopic (exact) mass is 290 g/mol. The van der Waals surface area contributed by atoms with E-state index in [1.807, 2.05) is 0 Å². The van der Waals surface area contributed by atoms with Gasteiger partial charge in [0.15, 0.2) is 0 Å². The van der Waals surface area contributed by atoms with E-state index < -0.39 is 4.92 Å². The van der Waals surface area contributed by atoms with Gasteiger partial charge >= 0.3 is 0 Å². The molecule has 6 heteroatoms. The second-order valence-electron chi connectivity index (χ2n) is 5.20. The van der Waals surface area contributed by atoms with Gasteiger partial charge in [0.25, 0.3) is 5.69 Å². The van der Waals surface area contributed by atoms with E-state index in [1.165, 1.54) is 18.2 Å². The Morgan fingerprint density at radius 3 is 2.43 bits per heavy atom. The van der Waals surface area contributed by atoms with E-state index in [9.17, 15) is 20.0 Å². The van der Waals surface area contributed by atoms with Gasteiger partial charge in [0.05, 0.1) is 11.0 Å². The lowest BCUT2D eigenvalue weighted by Gasteiger charge is -2.25. The van der Waals surface area contributed by atoms with Gasteiger partial charge in [0, 0.05) is 24.3 Å². The number of non-ortho nitro benzene ring substituents is 1. The number of amides is 1. The Labute approximate surface area is 122 Å². The lowest BCUT2D eigenvalue weighted by Crippen LogP contribution is -2.37. The van der Waals surface area contributed by atoms with Crippen molar-refractivity contribution >= 4 is 17.7 Å². The third-order valence-corrected chi connectivity index (χ3v) is 3.57. The highest BCUT2D eigenvalue weighted by atomic mass is 16.6. The Morgan fingerprint density at radius 1 is 1.24 bits per heavy atom. The molecule has 1 fully saturated rings. The van der Waals surface area contributed by atoms with Crippen molar-refractivity contribution in [1.82, 2.24) is 5.32 Å². The van der Waals surface area contributed by atoms with Crippen molar-refractivity contribution in [2.45, 2.75) is 37.8 Å². The van der Waals surface area contributed by atoms with Gasteiger partial charge in [0.2, 0.25) is 5.91 Å². The molecule has 1 saturated carbocycles. The van der Waals surface area contributed by atoms with E-state index in [4.69, 9.17) is 0 Å². The molecular formula is C15H18N2O4. The van der Waals surface area contributed by atoms with Crippen molar-refractivity contribution < 1.29 is 14.8 Å². The number of benzene rings is 1. The number of carbonyl (C=O) groups excluding carboxylic acids is 1. The van der Waals surface area contributed by atoms with Crippen molar-refractivity contribution in [3.8, 4) is 0 Å². The van der Waals surface area contributed by atoms with Gasteiger partial charge in [-0.15, -0.1) is 0 Å². The van der Waals surface area contributed by atoms with E-state index in [-0.39, 0.29) is 23.7 Å². The highest BCUT2D eigenvalue weighted by Gasteiger charge is 2.19. The maximum absolute atomic E-state index is 11.8. The Kier molecular flexibility index (Phi) is 5.05. The minimum Gasteiger partial charge on any atom is -0.393 e. The first-order valence-electron chi connectivity index (χ1n) is 6.95. The summed E-state index contributed by atoms with van der Waals surface area (Å²) in [7, 11) is 0. The normalized spacial score (nSPS) is 22.1.